The fourth-order valence-electron chi connectivity index (χ4n) is 2.12. The minimum absolute atomic E-state index is 0.125. The summed E-state index contributed by atoms with van der Waals surface area (Å²) in [6.45, 7) is -0.808. The van der Waals surface area contributed by atoms with E-state index in [1.165, 1.54) is 11.8 Å². The number of aliphatic carboxylic acids is 2. The van der Waals surface area contributed by atoms with Crippen molar-refractivity contribution >= 4 is 54.1 Å². The molecule has 0 aromatic rings. The molecule has 0 bridgehead atoms. The van der Waals surface area contributed by atoms with E-state index in [1.807, 2.05) is 0 Å². The molecule has 0 aromatic heterocycles. The highest BCUT2D eigenvalue weighted by Gasteiger charge is 2.29. The summed E-state index contributed by atoms with van der Waals surface area (Å²) < 4.78 is 0. The van der Waals surface area contributed by atoms with Crippen molar-refractivity contribution in [1.29, 1.82) is 0 Å². The monoisotopic (exact) mass is 468 g/mol. The van der Waals surface area contributed by atoms with Gasteiger partial charge in [0.1, 0.15) is 18.1 Å². The molecule has 0 saturated carbocycles. The van der Waals surface area contributed by atoms with Crippen molar-refractivity contribution in [3.8, 4) is 0 Å². The molecule has 3 amide bonds. The van der Waals surface area contributed by atoms with Crippen molar-refractivity contribution in [2.45, 2.75) is 43.4 Å². The zero-order chi connectivity index (χ0) is 23.3. The number of aliphatic hydroxyl groups is 1. The number of amides is 3. The molecular formula is C16H28N4O8S2. The van der Waals surface area contributed by atoms with Gasteiger partial charge in [0.05, 0.1) is 12.6 Å². The minimum atomic E-state index is -1.45. The maximum Gasteiger partial charge on any atom is 0.327 e. The second-order valence-corrected chi connectivity index (χ2v) is 7.56. The van der Waals surface area contributed by atoms with Gasteiger partial charge in [-0.3, -0.25) is 19.2 Å². The first-order valence-corrected chi connectivity index (χ1v) is 10.9. The third kappa shape index (κ3) is 10.7. The first-order valence-electron chi connectivity index (χ1n) is 8.89. The Morgan fingerprint density at radius 1 is 0.933 bits per heavy atom. The summed E-state index contributed by atoms with van der Waals surface area (Å²) in [5.41, 5.74) is 5.64. The van der Waals surface area contributed by atoms with Crippen LogP contribution in [0.3, 0.4) is 0 Å². The summed E-state index contributed by atoms with van der Waals surface area (Å²) in [5.74, 6) is -4.62. The van der Waals surface area contributed by atoms with Crippen LogP contribution in [0.2, 0.25) is 0 Å². The van der Waals surface area contributed by atoms with Gasteiger partial charge in [-0.1, -0.05) is 0 Å². The van der Waals surface area contributed by atoms with Crippen LogP contribution < -0.4 is 21.7 Å². The Morgan fingerprint density at radius 2 is 1.47 bits per heavy atom. The number of hydrogen-bond acceptors (Lipinski definition) is 9. The number of thiol groups is 1. The van der Waals surface area contributed by atoms with Crippen LogP contribution in [0.1, 0.15) is 19.3 Å². The van der Waals surface area contributed by atoms with Gasteiger partial charge >= 0.3 is 11.9 Å². The Hall–Kier alpha value is -2.03. The molecular weight excluding hydrogens is 440 g/mol. The number of nitrogens with two attached hydrogens (primary N) is 1. The lowest BCUT2D eigenvalue weighted by Gasteiger charge is -2.24. The average molecular weight is 469 g/mol. The van der Waals surface area contributed by atoms with Crippen molar-refractivity contribution < 1.29 is 39.3 Å². The topological polar surface area (TPSA) is 208 Å². The van der Waals surface area contributed by atoms with Gasteiger partial charge in [-0.15, -0.1) is 0 Å². The minimum Gasteiger partial charge on any atom is -0.481 e. The molecule has 0 heterocycles. The van der Waals surface area contributed by atoms with E-state index in [2.05, 4.69) is 28.6 Å². The smallest absolute Gasteiger partial charge is 0.327 e. The lowest BCUT2D eigenvalue weighted by Crippen LogP contribution is -2.58. The second-order valence-electron chi connectivity index (χ2n) is 6.21. The van der Waals surface area contributed by atoms with Crippen LogP contribution in [0.5, 0.6) is 0 Å². The first kappa shape index (κ1) is 28.0. The Kier molecular flexibility index (Phi) is 13.9. The van der Waals surface area contributed by atoms with Crippen LogP contribution in [-0.2, 0) is 24.0 Å². The zero-order valence-corrected chi connectivity index (χ0v) is 18.1. The highest BCUT2D eigenvalue weighted by Crippen LogP contribution is 2.04. The molecule has 172 valence electrons. The fourth-order valence-corrected chi connectivity index (χ4v) is 2.84. The SMILES string of the molecule is CSCCC(NC(=O)C(N)CCC(=O)O)C(=O)NC(CO)C(=O)NC(CS)C(=O)O. The van der Waals surface area contributed by atoms with Crippen molar-refractivity contribution in [3.63, 3.8) is 0 Å². The lowest BCUT2D eigenvalue weighted by atomic mass is 10.1. The Labute approximate surface area is 183 Å². The standard InChI is InChI=1S/C16H28N4O8S2/c1-30-5-4-9(18-13(24)8(17)2-3-12(22)23)14(25)19-10(6-21)15(26)20-11(7-29)16(27)28/h8-11,21,29H,2-7,17H2,1H3,(H,18,24)(H,19,25)(H,20,26)(H,22,23)(H,27,28). The zero-order valence-electron chi connectivity index (χ0n) is 16.4. The third-order valence-electron chi connectivity index (χ3n) is 3.86. The number of aliphatic hydroxyl groups excluding tert-OH is 1. The van der Waals surface area contributed by atoms with Gasteiger partial charge in [-0.2, -0.15) is 24.4 Å². The van der Waals surface area contributed by atoms with Gasteiger partial charge in [-0.05, 0) is 24.9 Å². The average Bonchev–Trinajstić information content (AvgIpc) is 2.70. The van der Waals surface area contributed by atoms with Gasteiger partial charge in [-0.25, -0.2) is 4.79 Å². The number of carboxylic acids is 2. The summed E-state index contributed by atoms with van der Waals surface area (Å²) >= 11 is 5.21. The van der Waals surface area contributed by atoms with Gasteiger partial charge < -0.3 is 37.0 Å². The second kappa shape index (κ2) is 14.9. The highest BCUT2D eigenvalue weighted by atomic mass is 32.2. The summed E-state index contributed by atoms with van der Waals surface area (Å²) in [4.78, 5) is 58.5. The maximum atomic E-state index is 12.5. The quantitative estimate of drug-likeness (QED) is 0.117. The van der Waals surface area contributed by atoms with E-state index >= 15 is 0 Å². The van der Waals surface area contributed by atoms with E-state index in [9.17, 15) is 29.1 Å². The van der Waals surface area contributed by atoms with Gasteiger partial charge in [0, 0.05) is 12.2 Å². The van der Waals surface area contributed by atoms with Crippen molar-refractivity contribution in [2.75, 3.05) is 24.4 Å². The Bertz CT molecular complexity index is 622. The molecule has 0 saturated heterocycles. The molecule has 0 radical (unpaired) electrons. The fraction of sp³-hybridized carbons (Fsp3) is 0.688. The predicted octanol–water partition coefficient (Wildman–Crippen LogP) is -2.61. The number of nitrogens with one attached hydrogen (secondary N) is 3. The van der Waals surface area contributed by atoms with Crippen molar-refractivity contribution in [1.82, 2.24) is 16.0 Å². The molecule has 4 unspecified atom stereocenters. The van der Waals surface area contributed by atoms with E-state index in [1.54, 1.807) is 6.26 Å². The van der Waals surface area contributed by atoms with Crippen LogP contribution in [-0.4, -0.2) is 93.5 Å². The summed E-state index contributed by atoms with van der Waals surface area (Å²) in [5, 5.41) is 33.8. The van der Waals surface area contributed by atoms with E-state index in [0.29, 0.717) is 5.75 Å². The maximum absolute atomic E-state index is 12.5. The predicted molar refractivity (Wildman–Crippen MR) is 112 cm³/mol. The molecule has 14 heteroatoms. The summed E-state index contributed by atoms with van der Waals surface area (Å²) in [6, 6.07) is -5.00. The van der Waals surface area contributed by atoms with E-state index in [-0.39, 0.29) is 25.0 Å². The normalized spacial score (nSPS) is 14.7. The molecule has 12 nitrogen and oxygen atoms in total. The molecule has 0 rings (SSSR count). The van der Waals surface area contributed by atoms with Gasteiger partial charge in [0.25, 0.3) is 0 Å². The molecule has 0 aromatic carbocycles. The molecule has 8 N–H and O–H groups in total. The molecule has 0 aliphatic heterocycles. The number of carboxylic acid groups (broad SMARTS) is 2. The number of rotatable bonds is 15. The highest BCUT2D eigenvalue weighted by molar-refractivity contribution is 7.98. The van der Waals surface area contributed by atoms with Gasteiger partial charge in [0.2, 0.25) is 17.7 Å². The molecule has 4 atom stereocenters. The third-order valence-corrected chi connectivity index (χ3v) is 4.87. The van der Waals surface area contributed by atoms with Gasteiger partial charge in [0.15, 0.2) is 0 Å². The molecule has 30 heavy (non-hydrogen) atoms. The summed E-state index contributed by atoms with van der Waals surface area (Å²) in [7, 11) is 0. The van der Waals surface area contributed by atoms with Crippen LogP contribution in [0, 0.1) is 0 Å². The Balaban J connectivity index is 5.09. The number of hydrogen-bond donors (Lipinski definition) is 8. The first-order chi connectivity index (χ1) is 14.1. The lowest BCUT2D eigenvalue weighted by molar-refractivity contribution is -0.142. The molecule has 0 aliphatic rings. The molecule has 0 aliphatic carbocycles. The number of carbonyl (C=O) groups excluding carboxylic acids is 3. The number of carbonyl (C=O) groups is 5. The van der Waals surface area contributed by atoms with E-state index in [0.717, 1.165) is 0 Å². The van der Waals surface area contributed by atoms with Crippen LogP contribution in [0.25, 0.3) is 0 Å². The van der Waals surface area contributed by atoms with Crippen molar-refractivity contribution in [3.05, 3.63) is 0 Å². The Morgan fingerprint density at radius 3 is 1.93 bits per heavy atom. The van der Waals surface area contributed by atoms with Crippen molar-refractivity contribution in [2.24, 2.45) is 5.73 Å². The summed E-state index contributed by atoms with van der Waals surface area (Å²) in [6.07, 6.45) is 1.51. The van der Waals surface area contributed by atoms with Crippen LogP contribution in [0.4, 0.5) is 0 Å². The number of thioether (sulfide) groups is 1. The van der Waals surface area contributed by atoms with E-state index in [4.69, 9.17) is 15.9 Å². The van der Waals surface area contributed by atoms with E-state index < -0.39 is 60.4 Å². The van der Waals surface area contributed by atoms with Crippen LogP contribution in [0.15, 0.2) is 0 Å². The van der Waals surface area contributed by atoms with Crippen LogP contribution >= 0.6 is 24.4 Å². The largest absolute Gasteiger partial charge is 0.481 e. The molecule has 0 fully saturated rings. The molecule has 0 spiro atoms.